The van der Waals surface area contributed by atoms with Crippen LogP contribution in [0.4, 0.5) is 5.69 Å². The fourth-order valence-electron chi connectivity index (χ4n) is 1.88. The Balaban J connectivity index is 1.83. The van der Waals surface area contributed by atoms with Gasteiger partial charge in [-0.3, -0.25) is 4.79 Å². The van der Waals surface area contributed by atoms with Gasteiger partial charge in [0.1, 0.15) is 0 Å². The van der Waals surface area contributed by atoms with Crippen LogP contribution in [0.3, 0.4) is 0 Å². The van der Waals surface area contributed by atoms with Crippen LogP contribution in [0.15, 0.2) is 53.0 Å². The molecule has 0 aromatic heterocycles. The third-order valence-corrected chi connectivity index (χ3v) is 3.83. The Hall–Kier alpha value is -1.52. The SMILES string of the molecule is C[C@@H](NC(=O)CNc1ccc(Br)cc1)c1ccc(Cl)cc1. The minimum absolute atomic E-state index is 0.0542. The van der Waals surface area contributed by atoms with Gasteiger partial charge in [-0.2, -0.15) is 0 Å². The first-order valence-electron chi connectivity index (χ1n) is 6.59. The van der Waals surface area contributed by atoms with Crippen LogP contribution >= 0.6 is 27.5 Å². The van der Waals surface area contributed by atoms with Crippen molar-refractivity contribution in [1.29, 1.82) is 0 Å². The molecule has 0 fully saturated rings. The van der Waals surface area contributed by atoms with E-state index in [1.165, 1.54) is 0 Å². The van der Waals surface area contributed by atoms with Crippen molar-refractivity contribution in [3.05, 3.63) is 63.6 Å². The monoisotopic (exact) mass is 366 g/mol. The molecule has 2 rings (SSSR count). The lowest BCUT2D eigenvalue weighted by Crippen LogP contribution is -2.32. The first kappa shape index (κ1) is 15.9. The summed E-state index contributed by atoms with van der Waals surface area (Å²) >= 11 is 9.22. The third-order valence-electron chi connectivity index (χ3n) is 3.04. The molecule has 5 heteroatoms. The fraction of sp³-hybridized carbons (Fsp3) is 0.188. The molecule has 0 spiro atoms. The van der Waals surface area contributed by atoms with Gasteiger partial charge in [0.25, 0.3) is 0 Å². The number of rotatable bonds is 5. The molecule has 2 N–H and O–H groups in total. The van der Waals surface area contributed by atoms with E-state index in [2.05, 4.69) is 26.6 Å². The molecule has 0 aliphatic carbocycles. The van der Waals surface area contributed by atoms with E-state index in [1.807, 2.05) is 55.5 Å². The Morgan fingerprint density at radius 2 is 1.76 bits per heavy atom. The summed E-state index contributed by atoms with van der Waals surface area (Å²) in [6, 6.07) is 15.1. The van der Waals surface area contributed by atoms with Gasteiger partial charge < -0.3 is 10.6 Å². The van der Waals surface area contributed by atoms with Crippen molar-refractivity contribution < 1.29 is 4.79 Å². The molecule has 2 aromatic rings. The maximum atomic E-state index is 11.9. The number of anilines is 1. The predicted molar refractivity (Wildman–Crippen MR) is 90.6 cm³/mol. The van der Waals surface area contributed by atoms with Gasteiger partial charge in [0.15, 0.2) is 0 Å². The zero-order valence-electron chi connectivity index (χ0n) is 11.6. The van der Waals surface area contributed by atoms with Gasteiger partial charge in [-0.1, -0.05) is 39.7 Å². The highest BCUT2D eigenvalue weighted by molar-refractivity contribution is 9.10. The molecule has 0 saturated heterocycles. The molecule has 3 nitrogen and oxygen atoms in total. The minimum atomic E-state index is -0.0552. The summed E-state index contributed by atoms with van der Waals surface area (Å²) in [5, 5.41) is 6.72. The van der Waals surface area contributed by atoms with Gasteiger partial charge in [0.2, 0.25) is 5.91 Å². The summed E-state index contributed by atoms with van der Waals surface area (Å²) < 4.78 is 1.01. The van der Waals surface area contributed by atoms with E-state index in [1.54, 1.807) is 0 Å². The Bertz CT molecular complexity index is 599. The minimum Gasteiger partial charge on any atom is -0.376 e. The number of hydrogen-bond donors (Lipinski definition) is 2. The first-order valence-corrected chi connectivity index (χ1v) is 7.76. The lowest BCUT2D eigenvalue weighted by Gasteiger charge is -2.15. The molecule has 1 atom stereocenters. The summed E-state index contributed by atoms with van der Waals surface area (Å²) in [5.74, 6) is -0.0552. The van der Waals surface area contributed by atoms with Crippen LogP contribution in [0.1, 0.15) is 18.5 Å². The maximum absolute atomic E-state index is 11.9. The number of nitrogens with one attached hydrogen (secondary N) is 2. The van der Waals surface area contributed by atoms with E-state index >= 15 is 0 Å². The Labute approximate surface area is 137 Å². The van der Waals surface area contributed by atoms with Crippen LogP contribution in [0.2, 0.25) is 5.02 Å². The second-order valence-corrected chi connectivity index (χ2v) is 6.05. The molecule has 0 unspecified atom stereocenters. The summed E-state index contributed by atoms with van der Waals surface area (Å²) in [4.78, 5) is 11.9. The molecule has 0 radical (unpaired) electrons. The fourth-order valence-corrected chi connectivity index (χ4v) is 2.27. The summed E-state index contributed by atoms with van der Waals surface area (Å²) in [6.45, 7) is 2.18. The predicted octanol–water partition coefficient (Wildman–Crippen LogP) is 4.39. The lowest BCUT2D eigenvalue weighted by molar-refractivity contribution is -0.120. The highest BCUT2D eigenvalue weighted by atomic mass is 79.9. The number of amides is 1. The highest BCUT2D eigenvalue weighted by Gasteiger charge is 2.09. The topological polar surface area (TPSA) is 41.1 Å². The van der Waals surface area contributed by atoms with Crippen LogP contribution in [0.25, 0.3) is 0 Å². The second-order valence-electron chi connectivity index (χ2n) is 4.70. The van der Waals surface area contributed by atoms with Crippen molar-refractivity contribution in [3.63, 3.8) is 0 Å². The zero-order valence-corrected chi connectivity index (χ0v) is 13.9. The van der Waals surface area contributed by atoms with Gasteiger partial charge in [0, 0.05) is 15.2 Å². The van der Waals surface area contributed by atoms with E-state index < -0.39 is 0 Å². The molecule has 2 aromatic carbocycles. The van der Waals surface area contributed by atoms with Crippen LogP contribution < -0.4 is 10.6 Å². The first-order chi connectivity index (χ1) is 10.0. The Morgan fingerprint density at radius 3 is 2.38 bits per heavy atom. The van der Waals surface area contributed by atoms with E-state index in [0.29, 0.717) is 5.02 Å². The Morgan fingerprint density at radius 1 is 1.14 bits per heavy atom. The van der Waals surface area contributed by atoms with E-state index in [4.69, 9.17) is 11.6 Å². The zero-order chi connectivity index (χ0) is 15.2. The molecule has 0 bridgehead atoms. The van der Waals surface area contributed by atoms with Crippen molar-refractivity contribution in [2.75, 3.05) is 11.9 Å². The van der Waals surface area contributed by atoms with Gasteiger partial charge in [0.05, 0.1) is 12.6 Å². The smallest absolute Gasteiger partial charge is 0.239 e. The molecule has 110 valence electrons. The molecule has 21 heavy (non-hydrogen) atoms. The highest BCUT2D eigenvalue weighted by Crippen LogP contribution is 2.16. The van der Waals surface area contributed by atoms with Crippen LogP contribution in [0, 0.1) is 0 Å². The second kappa shape index (κ2) is 7.48. The average molecular weight is 368 g/mol. The van der Waals surface area contributed by atoms with Gasteiger partial charge >= 0.3 is 0 Å². The molecule has 0 heterocycles. The lowest BCUT2D eigenvalue weighted by atomic mass is 10.1. The van der Waals surface area contributed by atoms with E-state index in [9.17, 15) is 4.79 Å². The summed E-state index contributed by atoms with van der Waals surface area (Å²) in [7, 11) is 0. The standard InChI is InChI=1S/C16H16BrClN2O/c1-11(12-2-6-14(18)7-3-12)20-16(21)10-19-15-8-4-13(17)5-9-15/h2-9,11,19H,10H2,1H3,(H,20,21)/t11-/m1/s1. The number of carbonyl (C=O) groups is 1. The van der Waals surface area contributed by atoms with Crippen LogP contribution in [-0.2, 0) is 4.79 Å². The maximum Gasteiger partial charge on any atom is 0.239 e. The molecular weight excluding hydrogens is 352 g/mol. The van der Waals surface area contributed by atoms with Crippen molar-refractivity contribution in [1.82, 2.24) is 5.32 Å². The number of halogens is 2. The van der Waals surface area contributed by atoms with Crippen molar-refractivity contribution in [2.24, 2.45) is 0 Å². The molecule has 0 saturated carbocycles. The van der Waals surface area contributed by atoms with E-state index in [-0.39, 0.29) is 18.5 Å². The molecular formula is C16H16BrClN2O. The van der Waals surface area contributed by atoms with Crippen molar-refractivity contribution >= 4 is 39.1 Å². The Kier molecular flexibility index (Phi) is 5.65. The largest absolute Gasteiger partial charge is 0.376 e. The molecule has 1 amide bonds. The van der Waals surface area contributed by atoms with Gasteiger partial charge in [-0.25, -0.2) is 0 Å². The number of carbonyl (C=O) groups excluding carboxylic acids is 1. The van der Waals surface area contributed by atoms with Crippen LogP contribution in [-0.4, -0.2) is 12.5 Å². The summed E-state index contributed by atoms with van der Waals surface area (Å²) in [5.41, 5.74) is 1.93. The van der Waals surface area contributed by atoms with Crippen molar-refractivity contribution in [2.45, 2.75) is 13.0 Å². The normalized spacial score (nSPS) is 11.8. The average Bonchev–Trinajstić information content (AvgIpc) is 2.47. The van der Waals surface area contributed by atoms with Crippen LogP contribution in [0.5, 0.6) is 0 Å². The van der Waals surface area contributed by atoms with E-state index in [0.717, 1.165) is 15.7 Å². The molecule has 0 aliphatic rings. The van der Waals surface area contributed by atoms with Crippen molar-refractivity contribution in [3.8, 4) is 0 Å². The third kappa shape index (κ3) is 5.06. The van der Waals surface area contributed by atoms with Gasteiger partial charge in [-0.05, 0) is 48.9 Å². The number of hydrogen-bond acceptors (Lipinski definition) is 2. The van der Waals surface area contributed by atoms with Gasteiger partial charge in [-0.15, -0.1) is 0 Å². The summed E-state index contributed by atoms with van der Waals surface area (Å²) in [6.07, 6.45) is 0. The molecule has 0 aliphatic heterocycles. The number of benzene rings is 2. The quantitative estimate of drug-likeness (QED) is 0.823.